The Balaban J connectivity index is 2.70. The van der Waals surface area contributed by atoms with Crippen LogP contribution in [0, 0.1) is 5.82 Å². The van der Waals surface area contributed by atoms with Crippen molar-refractivity contribution in [1.82, 2.24) is 5.32 Å². The number of benzene rings is 1. The van der Waals surface area contributed by atoms with Gasteiger partial charge >= 0.3 is 6.18 Å². The van der Waals surface area contributed by atoms with Gasteiger partial charge in [0.25, 0.3) is 5.91 Å². The summed E-state index contributed by atoms with van der Waals surface area (Å²) in [5.41, 5.74) is -0.300. The Labute approximate surface area is 104 Å². The summed E-state index contributed by atoms with van der Waals surface area (Å²) in [5.74, 6) is -1.86. The van der Waals surface area contributed by atoms with Crippen molar-refractivity contribution in [2.75, 3.05) is 6.54 Å². The lowest BCUT2D eigenvalue weighted by molar-refractivity contribution is -0.201. The molecule has 1 aromatic carbocycles. The summed E-state index contributed by atoms with van der Waals surface area (Å²) < 4.78 is 48.9. The van der Waals surface area contributed by atoms with Gasteiger partial charge in [-0.15, -0.1) is 0 Å². The lowest BCUT2D eigenvalue weighted by Gasteiger charge is -2.15. The van der Waals surface area contributed by atoms with E-state index in [1.165, 1.54) is 6.07 Å². The third kappa shape index (κ3) is 3.58. The van der Waals surface area contributed by atoms with Crippen molar-refractivity contribution in [2.45, 2.75) is 12.3 Å². The Morgan fingerprint density at radius 2 is 2.06 bits per heavy atom. The van der Waals surface area contributed by atoms with E-state index >= 15 is 0 Å². The number of halogens is 5. The summed E-state index contributed by atoms with van der Waals surface area (Å²) in [6, 6.07) is 3.35. The largest absolute Gasteiger partial charge is 0.416 e. The molecule has 1 rings (SSSR count). The molecule has 1 atom stereocenters. The fraction of sp³-hybridized carbons (Fsp3) is 0.300. The average Bonchev–Trinajstić information content (AvgIpc) is 2.27. The van der Waals surface area contributed by atoms with Crippen molar-refractivity contribution in [2.24, 2.45) is 0 Å². The molecule has 3 nitrogen and oxygen atoms in total. The third-order valence-corrected chi connectivity index (χ3v) is 2.41. The number of hydrogen-bond acceptors (Lipinski definition) is 2. The van der Waals surface area contributed by atoms with E-state index in [0.717, 1.165) is 12.1 Å². The van der Waals surface area contributed by atoms with Crippen LogP contribution in [0.2, 0.25) is 5.02 Å². The van der Waals surface area contributed by atoms with Gasteiger partial charge in [0.15, 0.2) is 6.10 Å². The maximum absolute atomic E-state index is 13.0. The lowest BCUT2D eigenvalue weighted by Crippen LogP contribution is -2.40. The standard InChI is InChI=1S/C10H8ClF4NO2/c11-8-5(2-1-3-6(8)12)9(18)16-4-7(17)10(13,14)15/h1-3,7,17H,4H2,(H,16,18). The maximum Gasteiger partial charge on any atom is 0.416 e. The van der Waals surface area contributed by atoms with Crippen molar-refractivity contribution in [1.29, 1.82) is 0 Å². The molecular formula is C10H8ClF4NO2. The monoisotopic (exact) mass is 285 g/mol. The van der Waals surface area contributed by atoms with Gasteiger partial charge in [-0.1, -0.05) is 17.7 Å². The second-order valence-corrected chi connectivity index (χ2v) is 3.75. The van der Waals surface area contributed by atoms with Gasteiger partial charge in [0, 0.05) is 0 Å². The summed E-state index contributed by atoms with van der Waals surface area (Å²) in [7, 11) is 0. The van der Waals surface area contributed by atoms with Crippen LogP contribution in [0.4, 0.5) is 17.6 Å². The summed E-state index contributed by atoms with van der Waals surface area (Å²) in [6.45, 7) is -1.03. The van der Waals surface area contributed by atoms with Crippen LogP contribution in [0.15, 0.2) is 18.2 Å². The van der Waals surface area contributed by atoms with Crippen LogP contribution >= 0.6 is 11.6 Å². The van der Waals surface area contributed by atoms with Crippen LogP contribution < -0.4 is 5.32 Å². The highest BCUT2D eigenvalue weighted by molar-refractivity contribution is 6.34. The lowest BCUT2D eigenvalue weighted by atomic mass is 10.2. The van der Waals surface area contributed by atoms with Crippen LogP contribution in [0.25, 0.3) is 0 Å². The summed E-state index contributed by atoms with van der Waals surface area (Å²) in [5, 5.41) is 9.98. The molecule has 100 valence electrons. The van der Waals surface area contributed by atoms with E-state index in [0.29, 0.717) is 0 Å². The highest BCUT2D eigenvalue weighted by atomic mass is 35.5. The Morgan fingerprint density at radius 1 is 1.44 bits per heavy atom. The third-order valence-electron chi connectivity index (χ3n) is 2.03. The zero-order valence-electron chi connectivity index (χ0n) is 8.76. The Bertz CT molecular complexity index is 450. The van der Waals surface area contributed by atoms with Gasteiger partial charge in [-0.2, -0.15) is 13.2 Å². The zero-order chi connectivity index (χ0) is 13.9. The number of amides is 1. The van der Waals surface area contributed by atoms with E-state index in [9.17, 15) is 22.4 Å². The molecule has 18 heavy (non-hydrogen) atoms. The molecule has 0 heterocycles. The highest BCUT2D eigenvalue weighted by Crippen LogP contribution is 2.21. The number of nitrogens with one attached hydrogen (secondary N) is 1. The molecule has 8 heteroatoms. The fourth-order valence-corrected chi connectivity index (χ4v) is 1.29. The Hall–Kier alpha value is -1.34. The molecule has 0 radical (unpaired) electrons. The Morgan fingerprint density at radius 3 is 2.61 bits per heavy atom. The first kappa shape index (κ1) is 14.7. The van der Waals surface area contributed by atoms with Gasteiger partial charge in [0.05, 0.1) is 17.1 Å². The minimum absolute atomic E-state index is 0.300. The van der Waals surface area contributed by atoms with Crippen LogP contribution in [0.3, 0.4) is 0 Å². The van der Waals surface area contributed by atoms with Gasteiger partial charge in [0.2, 0.25) is 0 Å². The molecule has 0 spiro atoms. The molecule has 0 bridgehead atoms. The number of aliphatic hydroxyl groups excluding tert-OH is 1. The molecule has 0 fully saturated rings. The van der Waals surface area contributed by atoms with Crippen LogP contribution in [0.5, 0.6) is 0 Å². The number of aliphatic hydroxyl groups is 1. The van der Waals surface area contributed by atoms with Gasteiger partial charge in [-0.05, 0) is 12.1 Å². The van der Waals surface area contributed by atoms with Crippen molar-refractivity contribution in [3.63, 3.8) is 0 Å². The summed E-state index contributed by atoms with van der Waals surface area (Å²) in [4.78, 5) is 11.4. The van der Waals surface area contributed by atoms with E-state index in [1.54, 1.807) is 0 Å². The fourth-order valence-electron chi connectivity index (χ4n) is 1.08. The molecule has 0 aromatic heterocycles. The number of rotatable bonds is 3. The molecule has 0 aliphatic heterocycles. The smallest absolute Gasteiger partial charge is 0.382 e. The van der Waals surface area contributed by atoms with E-state index in [2.05, 4.69) is 0 Å². The highest BCUT2D eigenvalue weighted by Gasteiger charge is 2.38. The first-order valence-corrected chi connectivity index (χ1v) is 5.08. The Kier molecular flexibility index (Phi) is 4.53. The van der Waals surface area contributed by atoms with E-state index in [-0.39, 0.29) is 5.56 Å². The molecular weight excluding hydrogens is 278 g/mol. The first-order chi connectivity index (χ1) is 8.23. The van der Waals surface area contributed by atoms with E-state index in [4.69, 9.17) is 16.7 Å². The number of hydrogen-bond donors (Lipinski definition) is 2. The molecule has 0 aliphatic rings. The molecule has 1 aromatic rings. The first-order valence-electron chi connectivity index (χ1n) is 4.70. The predicted molar refractivity (Wildman–Crippen MR) is 55.8 cm³/mol. The molecule has 0 saturated carbocycles. The van der Waals surface area contributed by atoms with Crippen LogP contribution in [-0.4, -0.2) is 29.8 Å². The maximum atomic E-state index is 13.0. The van der Waals surface area contributed by atoms with E-state index in [1.807, 2.05) is 5.32 Å². The normalized spacial score (nSPS) is 13.2. The van der Waals surface area contributed by atoms with Crippen molar-refractivity contribution >= 4 is 17.5 Å². The molecule has 2 N–H and O–H groups in total. The number of carbonyl (C=O) groups is 1. The zero-order valence-corrected chi connectivity index (χ0v) is 9.52. The average molecular weight is 286 g/mol. The van der Waals surface area contributed by atoms with Crippen LogP contribution in [0.1, 0.15) is 10.4 Å². The number of alkyl halides is 3. The van der Waals surface area contributed by atoms with E-state index < -0.39 is 35.6 Å². The minimum Gasteiger partial charge on any atom is -0.382 e. The van der Waals surface area contributed by atoms with Gasteiger partial charge in [-0.3, -0.25) is 4.79 Å². The molecule has 0 aliphatic carbocycles. The van der Waals surface area contributed by atoms with Gasteiger partial charge in [0.1, 0.15) is 5.82 Å². The molecule has 1 amide bonds. The van der Waals surface area contributed by atoms with Crippen LogP contribution in [-0.2, 0) is 0 Å². The molecule has 1 unspecified atom stereocenters. The van der Waals surface area contributed by atoms with Gasteiger partial charge in [-0.25, -0.2) is 4.39 Å². The van der Waals surface area contributed by atoms with Crippen molar-refractivity contribution in [3.05, 3.63) is 34.6 Å². The summed E-state index contributed by atoms with van der Waals surface area (Å²) in [6.07, 6.45) is -7.52. The number of carbonyl (C=O) groups excluding carboxylic acids is 1. The second-order valence-electron chi connectivity index (χ2n) is 3.37. The SMILES string of the molecule is O=C(NCC(O)C(F)(F)F)c1cccc(F)c1Cl. The quantitative estimate of drug-likeness (QED) is 0.836. The van der Waals surface area contributed by atoms with Crippen molar-refractivity contribution in [3.8, 4) is 0 Å². The molecule has 0 saturated heterocycles. The van der Waals surface area contributed by atoms with Gasteiger partial charge < -0.3 is 10.4 Å². The minimum atomic E-state index is -4.83. The second kappa shape index (κ2) is 5.53. The summed E-state index contributed by atoms with van der Waals surface area (Å²) >= 11 is 5.47. The topological polar surface area (TPSA) is 49.3 Å². The predicted octanol–water partition coefficient (Wildman–Crippen LogP) is 2.13. The van der Waals surface area contributed by atoms with Crippen molar-refractivity contribution < 1.29 is 27.5 Å².